The van der Waals surface area contributed by atoms with Crippen LogP contribution in [-0.4, -0.2) is 20.5 Å². The van der Waals surface area contributed by atoms with Crippen LogP contribution in [0.15, 0.2) is 24.4 Å². The second kappa shape index (κ2) is 5.23. The van der Waals surface area contributed by atoms with Crippen molar-refractivity contribution >= 4 is 11.6 Å². The Morgan fingerprint density at radius 2 is 2.15 bits per heavy atom. The minimum Gasteiger partial charge on any atom is -0.346 e. The number of amides is 1. The van der Waals surface area contributed by atoms with Gasteiger partial charge >= 0.3 is 0 Å². The van der Waals surface area contributed by atoms with Gasteiger partial charge in [0.25, 0.3) is 0 Å². The largest absolute Gasteiger partial charge is 0.346 e. The lowest BCUT2D eigenvalue weighted by Crippen LogP contribution is -2.39. The van der Waals surface area contributed by atoms with Crippen molar-refractivity contribution in [3.05, 3.63) is 30.2 Å². The fourth-order valence-corrected chi connectivity index (χ4v) is 2.54. The van der Waals surface area contributed by atoms with Gasteiger partial charge in [-0.2, -0.15) is 0 Å². The maximum absolute atomic E-state index is 12.2. The molecule has 1 amide bonds. The van der Waals surface area contributed by atoms with Gasteiger partial charge < -0.3 is 5.32 Å². The lowest BCUT2D eigenvalue weighted by atomic mass is 9.84. The minimum atomic E-state index is -0.0968. The van der Waals surface area contributed by atoms with Crippen LogP contribution in [0.3, 0.4) is 0 Å². The molecular formula is C15H20N4O. The van der Waals surface area contributed by atoms with Crippen LogP contribution in [0, 0.1) is 11.8 Å². The van der Waals surface area contributed by atoms with Crippen molar-refractivity contribution in [2.24, 2.45) is 11.8 Å². The highest BCUT2D eigenvalue weighted by Crippen LogP contribution is 2.28. The molecule has 1 atom stereocenters. The molecule has 0 spiro atoms. The third kappa shape index (κ3) is 2.28. The summed E-state index contributed by atoms with van der Waals surface area (Å²) < 4.78 is 1.95. The van der Waals surface area contributed by atoms with Crippen molar-refractivity contribution in [3.8, 4) is 0 Å². The van der Waals surface area contributed by atoms with Gasteiger partial charge in [-0.3, -0.25) is 9.20 Å². The molecule has 0 unspecified atom stereocenters. The van der Waals surface area contributed by atoms with Crippen LogP contribution in [0.5, 0.6) is 0 Å². The van der Waals surface area contributed by atoms with Gasteiger partial charge in [-0.1, -0.05) is 26.3 Å². The van der Waals surface area contributed by atoms with E-state index in [4.69, 9.17) is 0 Å². The van der Waals surface area contributed by atoms with E-state index in [1.807, 2.05) is 28.8 Å². The highest BCUT2D eigenvalue weighted by molar-refractivity contribution is 5.79. The van der Waals surface area contributed by atoms with Gasteiger partial charge in [0.05, 0.1) is 6.04 Å². The van der Waals surface area contributed by atoms with Gasteiger partial charge in [0, 0.05) is 12.1 Å². The van der Waals surface area contributed by atoms with E-state index in [1.54, 1.807) is 0 Å². The molecule has 0 aliphatic heterocycles. The molecular weight excluding hydrogens is 252 g/mol. The molecule has 1 saturated carbocycles. The van der Waals surface area contributed by atoms with Gasteiger partial charge in [0.2, 0.25) is 5.91 Å². The van der Waals surface area contributed by atoms with Crippen molar-refractivity contribution < 1.29 is 4.79 Å². The van der Waals surface area contributed by atoms with Crippen LogP contribution in [0.2, 0.25) is 0 Å². The van der Waals surface area contributed by atoms with Crippen molar-refractivity contribution in [3.63, 3.8) is 0 Å². The molecule has 0 saturated heterocycles. The molecule has 106 valence electrons. The number of nitrogens with one attached hydrogen (secondary N) is 1. The number of hydrogen-bond donors (Lipinski definition) is 1. The zero-order chi connectivity index (χ0) is 14.1. The lowest BCUT2D eigenvalue weighted by molar-refractivity contribution is -0.128. The number of nitrogens with zero attached hydrogens (tertiary/aromatic N) is 3. The minimum absolute atomic E-state index is 0.0968. The maximum atomic E-state index is 12.2. The van der Waals surface area contributed by atoms with Gasteiger partial charge in [-0.15, -0.1) is 10.2 Å². The Kier molecular flexibility index (Phi) is 3.42. The molecule has 0 radical (unpaired) electrons. The van der Waals surface area contributed by atoms with E-state index >= 15 is 0 Å². The second-order valence-corrected chi connectivity index (χ2v) is 5.85. The summed E-state index contributed by atoms with van der Waals surface area (Å²) in [4.78, 5) is 12.2. The molecule has 1 N–H and O–H groups in total. The number of carbonyl (C=O) groups is 1. The van der Waals surface area contributed by atoms with Crippen molar-refractivity contribution in [1.29, 1.82) is 0 Å². The number of carbonyl (C=O) groups excluding carboxylic acids is 1. The van der Waals surface area contributed by atoms with E-state index in [-0.39, 0.29) is 23.8 Å². The summed E-state index contributed by atoms with van der Waals surface area (Å²) in [6, 6.07) is 5.71. The topological polar surface area (TPSA) is 59.3 Å². The van der Waals surface area contributed by atoms with Gasteiger partial charge in [-0.05, 0) is 30.9 Å². The maximum Gasteiger partial charge on any atom is 0.223 e. The molecule has 1 aliphatic carbocycles. The Hall–Kier alpha value is -1.91. The molecule has 5 heteroatoms. The van der Waals surface area contributed by atoms with Crippen LogP contribution in [0.25, 0.3) is 5.65 Å². The molecule has 1 fully saturated rings. The van der Waals surface area contributed by atoms with Crippen LogP contribution in [0.4, 0.5) is 0 Å². The number of hydrogen-bond acceptors (Lipinski definition) is 3. The van der Waals surface area contributed by atoms with E-state index in [1.165, 1.54) is 0 Å². The molecule has 1 aliphatic rings. The van der Waals surface area contributed by atoms with Crippen LogP contribution < -0.4 is 5.32 Å². The predicted molar refractivity (Wildman–Crippen MR) is 76.0 cm³/mol. The van der Waals surface area contributed by atoms with E-state index in [2.05, 4.69) is 29.4 Å². The van der Waals surface area contributed by atoms with E-state index < -0.39 is 0 Å². The zero-order valence-corrected chi connectivity index (χ0v) is 11.9. The van der Waals surface area contributed by atoms with E-state index in [0.717, 1.165) is 30.7 Å². The van der Waals surface area contributed by atoms with Crippen LogP contribution >= 0.6 is 0 Å². The smallest absolute Gasteiger partial charge is 0.223 e. The normalized spacial score (nSPS) is 17.1. The zero-order valence-electron chi connectivity index (χ0n) is 11.9. The Labute approximate surface area is 118 Å². The first-order chi connectivity index (χ1) is 9.66. The SMILES string of the molecule is CC(C)[C@H](NC(=O)C1CCC1)c1nnc2ccccn12. The fourth-order valence-electron chi connectivity index (χ4n) is 2.54. The fraction of sp³-hybridized carbons (Fsp3) is 0.533. The average Bonchev–Trinajstić information content (AvgIpc) is 2.77. The first kappa shape index (κ1) is 13.1. The number of fused-ring (bicyclic) bond motifs is 1. The molecule has 2 aromatic heterocycles. The molecule has 20 heavy (non-hydrogen) atoms. The average molecular weight is 272 g/mol. The molecule has 3 rings (SSSR count). The number of aromatic nitrogens is 3. The predicted octanol–water partition coefficient (Wildman–Crippen LogP) is 2.34. The van der Waals surface area contributed by atoms with Gasteiger partial charge in [-0.25, -0.2) is 0 Å². The lowest BCUT2D eigenvalue weighted by Gasteiger charge is -2.28. The summed E-state index contributed by atoms with van der Waals surface area (Å²) in [6.07, 6.45) is 5.13. The summed E-state index contributed by atoms with van der Waals surface area (Å²) in [5, 5.41) is 11.6. The summed E-state index contributed by atoms with van der Waals surface area (Å²) >= 11 is 0. The Morgan fingerprint density at radius 1 is 1.35 bits per heavy atom. The monoisotopic (exact) mass is 272 g/mol. The highest BCUT2D eigenvalue weighted by atomic mass is 16.2. The standard InChI is InChI=1S/C15H20N4O/c1-10(2)13(16-15(20)11-6-5-7-11)14-18-17-12-8-3-4-9-19(12)14/h3-4,8-11,13H,5-7H2,1-2H3,(H,16,20)/t13-/m0/s1. The number of rotatable bonds is 4. The Bertz CT molecular complexity index is 615. The molecule has 0 bridgehead atoms. The quantitative estimate of drug-likeness (QED) is 0.929. The summed E-state index contributed by atoms with van der Waals surface area (Å²) in [5.41, 5.74) is 0.811. The highest BCUT2D eigenvalue weighted by Gasteiger charge is 2.30. The summed E-state index contributed by atoms with van der Waals surface area (Å²) in [5.74, 6) is 1.42. The molecule has 2 heterocycles. The second-order valence-electron chi connectivity index (χ2n) is 5.85. The first-order valence-electron chi connectivity index (χ1n) is 7.27. The summed E-state index contributed by atoms with van der Waals surface area (Å²) in [7, 11) is 0. The third-order valence-electron chi connectivity index (χ3n) is 4.06. The van der Waals surface area contributed by atoms with Gasteiger partial charge in [0.15, 0.2) is 11.5 Å². The van der Waals surface area contributed by atoms with E-state index in [9.17, 15) is 4.79 Å². The van der Waals surface area contributed by atoms with Crippen molar-refractivity contribution in [2.45, 2.75) is 39.2 Å². The van der Waals surface area contributed by atoms with Crippen LogP contribution in [-0.2, 0) is 4.79 Å². The molecule has 2 aromatic rings. The number of pyridine rings is 1. The molecule has 5 nitrogen and oxygen atoms in total. The van der Waals surface area contributed by atoms with Crippen molar-refractivity contribution in [1.82, 2.24) is 19.9 Å². The van der Waals surface area contributed by atoms with E-state index in [0.29, 0.717) is 0 Å². The Balaban J connectivity index is 1.88. The molecule has 0 aromatic carbocycles. The third-order valence-corrected chi connectivity index (χ3v) is 4.06. The first-order valence-corrected chi connectivity index (χ1v) is 7.27. The van der Waals surface area contributed by atoms with Crippen molar-refractivity contribution in [2.75, 3.05) is 0 Å². The Morgan fingerprint density at radius 3 is 2.80 bits per heavy atom. The van der Waals surface area contributed by atoms with Crippen LogP contribution in [0.1, 0.15) is 45.0 Å². The van der Waals surface area contributed by atoms with Gasteiger partial charge in [0.1, 0.15) is 0 Å². The summed E-state index contributed by atoms with van der Waals surface area (Å²) in [6.45, 7) is 4.19.